The van der Waals surface area contributed by atoms with Gasteiger partial charge in [-0.15, -0.1) is 0 Å². The van der Waals surface area contributed by atoms with Crippen LogP contribution >= 0.6 is 0 Å². The van der Waals surface area contributed by atoms with E-state index in [0.29, 0.717) is 0 Å². The zero-order valence-electron chi connectivity index (χ0n) is 15.3. The molecule has 0 aromatic rings. The molecule has 0 aliphatic carbocycles. The maximum atomic E-state index is 11.9. The number of aliphatic carboxylic acids is 1. The number of carbonyl (C=O) groups is 2. The van der Waals surface area contributed by atoms with Crippen molar-refractivity contribution in [2.45, 2.75) is 84.5 Å². The van der Waals surface area contributed by atoms with Crippen LogP contribution in [0, 0.1) is 5.92 Å². The quantitative estimate of drug-likeness (QED) is 0.182. The van der Waals surface area contributed by atoms with E-state index < -0.39 is 17.9 Å². The van der Waals surface area contributed by atoms with Gasteiger partial charge in [-0.25, -0.2) is 0 Å². The third kappa shape index (κ3) is 14.0. The van der Waals surface area contributed by atoms with E-state index in [2.05, 4.69) is 6.92 Å². The van der Waals surface area contributed by atoms with Gasteiger partial charge in [-0.05, 0) is 25.3 Å². The van der Waals surface area contributed by atoms with Crippen LogP contribution in [0.15, 0.2) is 24.5 Å². The Morgan fingerprint density at radius 2 is 1.58 bits per heavy atom. The van der Waals surface area contributed by atoms with E-state index in [1.54, 1.807) is 12.2 Å². The number of allylic oxidation sites excluding steroid dienone is 2. The molecule has 4 heteroatoms. The predicted molar refractivity (Wildman–Crippen MR) is 97.6 cm³/mol. The molecule has 0 radical (unpaired) electrons. The Kier molecular flexibility index (Phi) is 15.2. The minimum atomic E-state index is -0.992. The molecule has 1 unspecified atom stereocenters. The van der Waals surface area contributed by atoms with Crippen LogP contribution in [0.25, 0.3) is 0 Å². The number of carbonyl (C=O) groups excluding carboxylic acids is 1. The SMILES string of the molecule is CCC=COC(=O)C(C=CCCCCCCCCCC)CC(=O)O. The van der Waals surface area contributed by atoms with Crippen LogP contribution < -0.4 is 0 Å². The molecule has 138 valence electrons. The van der Waals surface area contributed by atoms with Gasteiger partial charge in [0.2, 0.25) is 0 Å². The fraction of sp³-hybridized carbons (Fsp3) is 0.700. The minimum absolute atomic E-state index is 0.229. The Morgan fingerprint density at radius 1 is 0.958 bits per heavy atom. The van der Waals surface area contributed by atoms with Crippen molar-refractivity contribution in [1.29, 1.82) is 0 Å². The molecule has 0 aromatic carbocycles. The Morgan fingerprint density at radius 3 is 2.17 bits per heavy atom. The summed E-state index contributed by atoms with van der Waals surface area (Å²) in [5.41, 5.74) is 0. The van der Waals surface area contributed by atoms with Crippen molar-refractivity contribution in [2.24, 2.45) is 5.92 Å². The van der Waals surface area contributed by atoms with Crippen LogP contribution in [-0.2, 0) is 14.3 Å². The second kappa shape index (κ2) is 16.3. The van der Waals surface area contributed by atoms with Gasteiger partial charge in [0, 0.05) is 0 Å². The van der Waals surface area contributed by atoms with Crippen molar-refractivity contribution >= 4 is 11.9 Å². The molecule has 0 saturated heterocycles. The van der Waals surface area contributed by atoms with Gasteiger partial charge < -0.3 is 9.84 Å². The van der Waals surface area contributed by atoms with E-state index in [4.69, 9.17) is 9.84 Å². The Hall–Kier alpha value is -1.58. The average Bonchev–Trinajstić information content (AvgIpc) is 2.55. The summed E-state index contributed by atoms with van der Waals surface area (Å²) in [6, 6.07) is 0. The first-order valence-electron chi connectivity index (χ1n) is 9.35. The second-order valence-electron chi connectivity index (χ2n) is 6.11. The Bertz CT molecular complexity index is 385. The van der Waals surface area contributed by atoms with Gasteiger partial charge in [-0.2, -0.15) is 0 Å². The smallest absolute Gasteiger partial charge is 0.318 e. The molecule has 4 nitrogen and oxygen atoms in total. The Balaban J connectivity index is 3.98. The van der Waals surface area contributed by atoms with Gasteiger partial charge in [-0.3, -0.25) is 9.59 Å². The fourth-order valence-corrected chi connectivity index (χ4v) is 2.37. The first kappa shape index (κ1) is 22.4. The molecule has 1 N–H and O–H groups in total. The fourth-order valence-electron chi connectivity index (χ4n) is 2.37. The molecule has 0 aliphatic rings. The highest BCUT2D eigenvalue weighted by Crippen LogP contribution is 2.12. The first-order valence-corrected chi connectivity index (χ1v) is 9.35. The van der Waals surface area contributed by atoms with Crippen LogP contribution in [0.2, 0.25) is 0 Å². The lowest BCUT2D eigenvalue weighted by Crippen LogP contribution is -2.17. The number of unbranched alkanes of at least 4 members (excludes halogenated alkanes) is 8. The van der Waals surface area contributed by atoms with Crippen LogP contribution in [0.3, 0.4) is 0 Å². The zero-order valence-corrected chi connectivity index (χ0v) is 15.3. The van der Waals surface area contributed by atoms with E-state index >= 15 is 0 Å². The van der Waals surface area contributed by atoms with Crippen molar-refractivity contribution in [1.82, 2.24) is 0 Å². The monoisotopic (exact) mass is 338 g/mol. The van der Waals surface area contributed by atoms with Crippen LogP contribution in [0.5, 0.6) is 0 Å². The van der Waals surface area contributed by atoms with E-state index in [1.807, 2.05) is 13.0 Å². The minimum Gasteiger partial charge on any atom is -0.481 e. The highest BCUT2D eigenvalue weighted by atomic mass is 16.5. The van der Waals surface area contributed by atoms with Crippen molar-refractivity contribution < 1.29 is 19.4 Å². The molecule has 0 fully saturated rings. The lowest BCUT2D eigenvalue weighted by Gasteiger charge is -2.07. The molecule has 0 amide bonds. The molecular formula is C20H34O4. The molecule has 0 spiro atoms. The summed E-state index contributed by atoms with van der Waals surface area (Å²) in [6.07, 6.45) is 18.1. The summed E-state index contributed by atoms with van der Waals surface area (Å²) in [7, 11) is 0. The van der Waals surface area contributed by atoms with Gasteiger partial charge >= 0.3 is 11.9 Å². The third-order valence-electron chi connectivity index (χ3n) is 3.81. The molecule has 0 aliphatic heterocycles. The Labute approximate surface area is 147 Å². The van der Waals surface area contributed by atoms with Gasteiger partial charge in [-0.1, -0.05) is 70.9 Å². The molecule has 0 rings (SSSR count). The summed E-state index contributed by atoms with van der Waals surface area (Å²) >= 11 is 0. The first-order chi connectivity index (χ1) is 11.6. The van der Waals surface area contributed by atoms with Crippen molar-refractivity contribution in [3.8, 4) is 0 Å². The normalized spacial score (nSPS) is 12.8. The molecule has 0 saturated carbocycles. The standard InChI is InChI=1S/C20H34O4/c1-3-5-7-8-9-10-11-12-13-14-15-18(17-19(21)22)20(23)24-16-6-4-2/h6,14-16,18H,3-5,7-13,17H2,1-2H3,(H,21,22). The summed E-state index contributed by atoms with van der Waals surface area (Å²) in [5.74, 6) is -2.21. The number of carboxylic acids is 1. The van der Waals surface area contributed by atoms with E-state index in [0.717, 1.165) is 19.3 Å². The zero-order chi connectivity index (χ0) is 18.0. The predicted octanol–water partition coefficient (Wildman–Crippen LogP) is 5.63. The molecule has 1 atom stereocenters. The molecule has 24 heavy (non-hydrogen) atoms. The van der Waals surface area contributed by atoms with E-state index in [-0.39, 0.29) is 6.42 Å². The van der Waals surface area contributed by atoms with Crippen LogP contribution in [0.1, 0.15) is 84.5 Å². The molecule has 0 aromatic heterocycles. The largest absolute Gasteiger partial charge is 0.481 e. The molecule has 0 heterocycles. The summed E-state index contributed by atoms with van der Waals surface area (Å²) in [5, 5.41) is 8.91. The van der Waals surface area contributed by atoms with E-state index in [9.17, 15) is 9.59 Å². The average molecular weight is 338 g/mol. The van der Waals surface area contributed by atoms with Crippen LogP contribution in [0.4, 0.5) is 0 Å². The number of ether oxygens (including phenoxy) is 1. The highest BCUT2D eigenvalue weighted by molar-refractivity contribution is 5.81. The maximum Gasteiger partial charge on any atom is 0.318 e. The topological polar surface area (TPSA) is 63.6 Å². The third-order valence-corrected chi connectivity index (χ3v) is 3.81. The number of hydrogen-bond acceptors (Lipinski definition) is 3. The molecular weight excluding hydrogens is 304 g/mol. The maximum absolute atomic E-state index is 11.9. The lowest BCUT2D eigenvalue weighted by atomic mass is 10.0. The van der Waals surface area contributed by atoms with Gasteiger partial charge in [0.25, 0.3) is 0 Å². The summed E-state index contributed by atoms with van der Waals surface area (Å²) < 4.78 is 4.95. The second-order valence-corrected chi connectivity index (χ2v) is 6.11. The van der Waals surface area contributed by atoms with Crippen LogP contribution in [-0.4, -0.2) is 17.0 Å². The van der Waals surface area contributed by atoms with Gasteiger partial charge in [0.15, 0.2) is 0 Å². The number of hydrogen-bond donors (Lipinski definition) is 1. The van der Waals surface area contributed by atoms with Crippen molar-refractivity contribution in [3.05, 3.63) is 24.5 Å². The lowest BCUT2D eigenvalue weighted by molar-refractivity contribution is -0.147. The van der Waals surface area contributed by atoms with Crippen molar-refractivity contribution in [3.63, 3.8) is 0 Å². The molecule has 0 bridgehead atoms. The van der Waals surface area contributed by atoms with E-state index in [1.165, 1.54) is 51.2 Å². The summed E-state index contributed by atoms with van der Waals surface area (Å²) in [6.45, 7) is 4.16. The van der Waals surface area contributed by atoms with Crippen molar-refractivity contribution in [2.75, 3.05) is 0 Å². The summed E-state index contributed by atoms with van der Waals surface area (Å²) in [4.78, 5) is 22.7. The highest BCUT2D eigenvalue weighted by Gasteiger charge is 2.19. The number of carboxylic acid groups (broad SMARTS) is 1. The van der Waals surface area contributed by atoms with Gasteiger partial charge in [0.1, 0.15) is 0 Å². The number of rotatable bonds is 15. The van der Waals surface area contributed by atoms with Gasteiger partial charge in [0.05, 0.1) is 18.6 Å². The number of esters is 1.